The molecular formula is C22H30O7. The lowest BCUT2D eigenvalue weighted by Gasteiger charge is -2.16. The summed E-state index contributed by atoms with van der Waals surface area (Å²) in [7, 11) is 0. The summed E-state index contributed by atoms with van der Waals surface area (Å²) < 4.78 is 21.7. The van der Waals surface area contributed by atoms with Gasteiger partial charge in [-0.15, -0.1) is 0 Å². The molecule has 1 atom stereocenters. The minimum Gasteiger partial charge on any atom is -0.503 e. The second-order valence-electron chi connectivity index (χ2n) is 6.77. The normalized spacial score (nSPS) is 12.0. The highest BCUT2D eigenvalue weighted by atomic mass is 16.5. The molecule has 0 bridgehead atoms. The third kappa shape index (κ3) is 5.89. The van der Waals surface area contributed by atoms with Gasteiger partial charge < -0.3 is 23.7 Å². The number of aromatic hydroxyl groups is 1. The molecule has 7 nitrogen and oxygen atoms in total. The Morgan fingerprint density at radius 1 is 1.14 bits per heavy atom. The quantitative estimate of drug-likeness (QED) is 0.316. The zero-order chi connectivity index (χ0) is 21.2. The van der Waals surface area contributed by atoms with Crippen LogP contribution in [0.25, 0.3) is 11.0 Å². The van der Waals surface area contributed by atoms with Crippen molar-refractivity contribution in [1.29, 1.82) is 0 Å². The maximum atomic E-state index is 12.2. The standard InChI is InChI=1S/C22H30O7/c1-4-7-8-9-13-27-20-19(23)18-16(11-10-12-17(18)29-22(20)25)28-14-15(5-2)21(24)26-6-3/h10-12,15,23H,4-9,13-14H2,1-3H3. The maximum Gasteiger partial charge on any atom is 0.383 e. The molecule has 1 aromatic carbocycles. The minimum absolute atomic E-state index is 0.0836. The zero-order valence-electron chi connectivity index (χ0n) is 17.4. The van der Waals surface area contributed by atoms with Crippen LogP contribution in [0.3, 0.4) is 0 Å². The van der Waals surface area contributed by atoms with Gasteiger partial charge in [-0.3, -0.25) is 4.79 Å². The fraction of sp³-hybridized carbons (Fsp3) is 0.545. The van der Waals surface area contributed by atoms with E-state index >= 15 is 0 Å². The van der Waals surface area contributed by atoms with Gasteiger partial charge in [0.05, 0.1) is 19.1 Å². The highest BCUT2D eigenvalue weighted by Crippen LogP contribution is 2.38. The number of esters is 1. The van der Waals surface area contributed by atoms with Crippen molar-refractivity contribution in [2.24, 2.45) is 5.92 Å². The maximum absolute atomic E-state index is 12.2. The average molecular weight is 406 g/mol. The summed E-state index contributed by atoms with van der Waals surface area (Å²) in [5, 5.41) is 10.9. The van der Waals surface area contributed by atoms with Crippen molar-refractivity contribution < 1.29 is 28.5 Å². The molecule has 0 fully saturated rings. The van der Waals surface area contributed by atoms with E-state index in [9.17, 15) is 14.7 Å². The molecule has 0 aliphatic carbocycles. The van der Waals surface area contributed by atoms with Crippen LogP contribution in [0.15, 0.2) is 27.4 Å². The molecule has 1 aromatic heterocycles. The van der Waals surface area contributed by atoms with E-state index in [2.05, 4.69) is 6.92 Å². The number of hydrogen-bond donors (Lipinski definition) is 1. The first-order valence-corrected chi connectivity index (χ1v) is 10.2. The molecule has 0 radical (unpaired) electrons. The Morgan fingerprint density at radius 2 is 1.93 bits per heavy atom. The number of hydrogen-bond acceptors (Lipinski definition) is 7. The number of carbonyl (C=O) groups is 1. The largest absolute Gasteiger partial charge is 0.503 e. The molecule has 1 heterocycles. The highest BCUT2D eigenvalue weighted by Gasteiger charge is 2.22. The Bertz CT molecular complexity index is 856. The van der Waals surface area contributed by atoms with Gasteiger partial charge in [-0.05, 0) is 31.9 Å². The predicted octanol–water partition coefficient (Wildman–Crippen LogP) is 4.43. The van der Waals surface area contributed by atoms with Crippen molar-refractivity contribution in [3.8, 4) is 17.2 Å². The third-order valence-electron chi connectivity index (χ3n) is 4.62. The van der Waals surface area contributed by atoms with E-state index < -0.39 is 11.5 Å². The Balaban J connectivity index is 2.24. The molecule has 2 rings (SSSR count). The smallest absolute Gasteiger partial charge is 0.383 e. The van der Waals surface area contributed by atoms with Gasteiger partial charge in [0.1, 0.15) is 23.3 Å². The molecule has 0 spiro atoms. The molecule has 7 heteroatoms. The Labute approximate surface area is 170 Å². The molecule has 0 aliphatic rings. The van der Waals surface area contributed by atoms with Crippen molar-refractivity contribution in [2.45, 2.75) is 52.9 Å². The molecule has 0 aliphatic heterocycles. The molecule has 0 amide bonds. The summed E-state index contributed by atoms with van der Waals surface area (Å²) in [6, 6.07) is 4.86. The van der Waals surface area contributed by atoms with Crippen LogP contribution in [-0.4, -0.2) is 30.9 Å². The van der Waals surface area contributed by atoms with Gasteiger partial charge in [0.15, 0.2) is 5.75 Å². The molecule has 0 saturated carbocycles. The number of benzene rings is 1. The summed E-state index contributed by atoms with van der Waals surface area (Å²) in [6.45, 7) is 6.43. The first-order chi connectivity index (χ1) is 14.0. The van der Waals surface area contributed by atoms with Gasteiger partial charge in [-0.2, -0.15) is 0 Å². The lowest BCUT2D eigenvalue weighted by Crippen LogP contribution is -2.23. The Morgan fingerprint density at radius 3 is 2.62 bits per heavy atom. The minimum atomic E-state index is -0.736. The van der Waals surface area contributed by atoms with Crippen LogP contribution in [-0.2, 0) is 9.53 Å². The van der Waals surface area contributed by atoms with E-state index in [0.29, 0.717) is 25.4 Å². The number of rotatable bonds is 12. The summed E-state index contributed by atoms with van der Waals surface area (Å²) in [4.78, 5) is 24.2. The predicted molar refractivity (Wildman–Crippen MR) is 110 cm³/mol. The van der Waals surface area contributed by atoms with Gasteiger partial charge in [-0.25, -0.2) is 4.79 Å². The fourth-order valence-electron chi connectivity index (χ4n) is 2.94. The number of ether oxygens (including phenoxy) is 3. The van der Waals surface area contributed by atoms with Crippen LogP contribution in [0.5, 0.6) is 17.2 Å². The molecular weight excluding hydrogens is 376 g/mol. The van der Waals surface area contributed by atoms with E-state index in [1.54, 1.807) is 25.1 Å². The van der Waals surface area contributed by atoms with E-state index in [-0.39, 0.29) is 35.0 Å². The van der Waals surface area contributed by atoms with E-state index in [0.717, 1.165) is 25.7 Å². The van der Waals surface area contributed by atoms with E-state index in [4.69, 9.17) is 18.6 Å². The van der Waals surface area contributed by atoms with Crippen molar-refractivity contribution in [2.75, 3.05) is 19.8 Å². The van der Waals surface area contributed by atoms with E-state index in [1.165, 1.54) is 0 Å². The van der Waals surface area contributed by atoms with Crippen LogP contribution in [0.2, 0.25) is 0 Å². The van der Waals surface area contributed by atoms with Crippen LogP contribution in [0.1, 0.15) is 52.9 Å². The van der Waals surface area contributed by atoms with Crippen molar-refractivity contribution in [3.05, 3.63) is 28.6 Å². The number of fused-ring (bicyclic) bond motifs is 1. The summed E-state index contributed by atoms with van der Waals surface area (Å²) in [5.41, 5.74) is -0.548. The van der Waals surface area contributed by atoms with Gasteiger partial charge in [0.2, 0.25) is 5.75 Å². The lowest BCUT2D eigenvalue weighted by molar-refractivity contribution is -0.149. The SMILES string of the molecule is CCCCCCOc1c(O)c2c(OCC(CC)C(=O)OCC)cccc2oc1=O. The molecule has 160 valence electrons. The van der Waals surface area contributed by atoms with Crippen molar-refractivity contribution in [1.82, 2.24) is 0 Å². The molecule has 2 aromatic rings. The first kappa shape index (κ1) is 22.6. The average Bonchev–Trinajstić information content (AvgIpc) is 2.70. The van der Waals surface area contributed by atoms with Gasteiger partial charge in [-0.1, -0.05) is 39.2 Å². The molecule has 0 saturated heterocycles. The van der Waals surface area contributed by atoms with Gasteiger partial charge in [0.25, 0.3) is 0 Å². The Kier molecular flexibility index (Phi) is 8.83. The molecule has 1 N–H and O–H groups in total. The third-order valence-corrected chi connectivity index (χ3v) is 4.62. The highest BCUT2D eigenvalue weighted by molar-refractivity contribution is 5.91. The second kappa shape index (κ2) is 11.3. The van der Waals surface area contributed by atoms with Crippen molar-refractivity contribution >= 4 is 16.9 Å². The molecule has 1 unspecified atom stereocenters. The topological polar surface area (TPSA) is 95.2 Å². The second-order valence-corrected chi connectivity index (χ2v) is 6.77. The summed E-state index contributed by atoms with van der Waals surface area (Å²) >= 11 is 0. The van der Waals surface area contributed by atoms with Crippen LogP contribution in [0, 0.1) is 5.92 Å². The van der Waals surface area contributed by atoms with Crippen LogP contribution < -0.4 is 15.1 Å². The Hall–Kier alpha value is -2.70. The monoisotopic (exact) mass is 406 g/mol. The first-order valence-electron chi connectivity index (χ1n) is 10.2. The number of unbranched alkanes of at least 4 members (excludes halogenated alkanes) is 3. The van der Waals surface area contributed by atoms with Crippen LogP contribution in [0.4, 0.5) is 0 Å². The molecule has 29 heavy (non-hydrogen) atoms. The van der Waals surface area contributed by atoms with Crippen LogP contribution >= 0.6 is 0 Å². The van der Waals surface area contributed by atoms with E-state index in [1.807, 2.05) is 6.92 Å². The fourth-order valence-corrected chi connectivity index (χ4v) is 2.94. The van der Waals surface area contributed by atoms with Gasteiger partial charge in [0, 0.05) is 0 Å². The van der Waals surface area contributed by atoms with Crippen molar-refractivity contribution in [3.63, 3.8) is 0 Å². The lowest BCUT2D eigenvalue weighted by atomic mass is 10.1. The summed E-state index contributed by atoms with van der Waals surface area (Å²) in [6.07, 6.45) is 4.49. The number of carbonyl (C=O) groups excluding carboxylic acids is 1. The summed E-state index contributed by atoms with van der Waals surface area (Å²) in [5.74, 6) is -0.990. The van der Waals surface area contributed by atoms with Gasteiger partial charge >= 0.3 is 11.6 Å². The zero-order valence-corrected chi connectivity index (χ0v) is 17.4.